The van der Waals surface area contributed by atoms with E-state index in [9.17, 15) is 0 Å². The van der Waals surface area contributed by atoms with Crippen LogP contribution in [0.5, 0.6) is 0 Å². The first-order valence-electron chi connectivity index (χ1n) is 5.36. The van der Waals surface area contributed by atoms with E-state index in [2.05, 4.69) is 23.8 Å². The Balaban J connectivity index is 2.02. The third-order valence-electron chi connectivity index (χ3n) is 2.88. The van der Waals surface area contributed by atoms with Crippen LogP contribution in [0.4, 0.5) is 0 Å². The summed E-state index contributed by atoms with van der Waals surface area (Å²) < 4.78 is 0. The molecule has 1 fully saturated rings. The van der Waals surface area contributed by atoms with Gasteiger partial charge in [0, 0.05) is 25.7 Å². The van der Waals surface area contributed by atoms with E-state index in [1.807, 2.05) is 6.08 Å². The van der Waals surface area contributed by atoms with Gasteiger partial charge >= 0.3 is 0 Å². The fourth-order valence-electron chi connectivity index (χ4n) is 1.99. The fourth-order valence-corrected chi connectivity index (χ4v) is 1.99. The Labute approximate surface area is 82.0 Å². The summed E-state index contributed by atoms with van der Waals surface area (Å²) in [5.41, 5.74) is 0. The van der Waals surface area contributed by atoms with Gasteiger partial charge in [0.15, 0.2) is 0 Å². The molecule has 0 aliphatic heterocycles. The first kappa shape index (κ1) is 10.7. The molecule has 0 unspecified atom stereocenters. The third-order valence-corrected chi connectivity index (χ3v) is 2.88. The van der Waals surface area contributed by atoms with Crippen molar-refractivity contribution < 1.29 is 0 Å². The molecule has 0 aromatic carbocycles. The van der Waals surface area contributed by atoms with Crippen LogP contribution in [0.2, 0.25) is 0 Å². The van der Waals surface area contributed by atoms with Crippen LogP contribution in [0.1, 0.15) is 25.7 Å². The van der Waals surface area contributed by atoms with E-state index in [0.717, 1.165) is 19.1 Å². The van der Waals surface area contributed by atoms with Crippen molar-refractivity contribution in [3.05, 3.63) is 12.7 Å². The number of rotatable bonds is 6. The summed E-state index contributed by atoms with van der Waals surface area (Å²) in [5.74, 6) is 0. The lowest BCUT2D eigenvalue weighted by Gasteiger charge is -2.23. The molecule has 1 N–H and O–H groups in total. The summed E-state index contributed by atoms with van der Waals surface area (Å²) in [4.78, 5) is 2.49. The summed E-state index contributed by atoms with van der Waals surface area (Å²) in [5, 5.41) is 3.33. The third kappa shape index (κ3) is 3.92. The summed E-state index contributed by atoms with van der Waals surface area (Å²) in [6.45, 7) is 6.86. The van der Waals surface area contributed by atoms with E-state index in [0.29, 0.717) is 0 Å². The molecular formula is C11H22N2. The van der Waals surface area contributed by atoms with Gasteiger partial charge in [-0.15, -0.1) is 6.58 Å². The molecule has 0 aromatic rings. The predicted molar refractivity (Wildman–Crippen MR) is 58.0 cm³/mol. The molecule has 1 saturated carbocycles. The van der Waals surface area contributed by atoms with Gasteiger partial charge in [-0.25, -0.2) is 0 Å². The van der Waals surface area contributed by atoms with E-state index in [1.54, 1.807) is 0 Å². The largest absolute Gasteiger partial charge is 0.312 e. The molecule has 1 rings (SSSR count). The zero-order chi connectivity index (χ0) is 9.52. The average molecular weight is 182 g/mol. The highest BCUT2D eigenvalue weighted by molar-refractivity contribution is 4.76. The first-order valence-corrected chi connectivity index (χ1v) is 5.36. The lowest BCUT2D eigenvalue weighted by Crippen LogP contribution is -2.35. The standard InChI is InChI=1S/C11H22N2/c1-3-8-12-9-10-13(2)11-6-4-5-7-11/h3,11-12H,1,4-10H2,2H3. The van der Waals surface area contributed by atoms with Crippen LogP contribution in [0.25, 0.3) is 0 Å². The molecule has 0 heterocycles. The Hall–Kier alpha value is -0.340. The van der Waals surface area contributed by atoms with Crippen molar-refractivity contribution >= 4 is 0 Å². The molecule has 0 atom stereocenters. The molecule has 13 heavy (non-hydrogen) atoms. The van der Waals surface area contributed by atoms with Crippen LogP contribution >= 0.6 is 0 Å². The second-order valence-corrected chi connectivity index (χ2v) is 3.91. The van der Waals surface area contributed by atoms with Crippen LogP contribution < -0.4 is 5.32 Å². The number of hydrogen-bond acceptors (Lipinski definition) is 2. The van der Waals surface area contributed by atoms with Crippen LogP contribution in [0.15, 0.2) is 12.7 Å². The van der Waals surface area contributed by atoms with Crippen molar-refractivity contribution in [3.8, 4) is 0 Å². The van der Waals surface area contributed by atoms with E-state index < -0.39 is 0 Å². The van der Waals surface area contributed by atoms with Gasteiger partial charge in [-0.2, -0.15) is 0 Å². The zero-order valence-electron chi connectivity index (χ0n) is 8.76. The minimum atomic E-state index is 0.852. The topological polar surface area (TPSA) is 15.3 Å². The highest BCUT2D eigenvalue weighted by atomic mass is 15.1. The molecule has 0 aromatic heterocycles. The molecule has 0 amide bonds. The average Bonchev–Trinajstić information content (AvgIpc) is 2.65. The fraction of sp³-hybridized carbons (Fsp3) is 0.818. The second-order valence-electron chi connectivity index (χ2n) is 3.91. The number of likely N-dealkylation sites (N-methyl/N-ethyl adjacent to an activating group) is 1. The van der Waals surface area contributed by atoms with Crippen LogP contribution in [-0.2, 0) is 0 Å². The highest BCUT2D eigenvalue weighted by Crippen LogP contribution is 2.21. The number of nitrogens with one attached hydrogen (secondary N) is 1. The van der Waals surface area contributed by atoms with Crippen molar-refractivity contribution in [2.24, 2.45) is 0 Å². The molecule has 0 bridgehead atoms. The second kappa shape index (κ2) is 6.17. The van der Waals surface area contributed by atoms with Gasteiger partial charge in [0.05, 0.1) is 0 Å². The van der Waals surface area contributed by atoms with Gasteiger partial charge in [0.1, 0.15) is 0 Å². The lowest BCUT2D eigenvalue weighted by molar-refractivity contribution is 0.246. The molecule has 0 radical (unpaired) electrons. The highest BCUT2D eigenvalue weighted by Gasteiger charge is 2.18. The first-order chi connectivity index (χ1) is 6.34. The van der Waals surface area contributed by atoms with Crippen LogP contribution in [0, 0.1) is 0 Å². The maximum atomic E-state index is 3.68. The molecular weight excluding hydrogens is 160 g/mol. The maximum Gasteiger partial charge on any atom is 0.0132 e. The Morgan fingerprint density at radius 1 is 1.46 bits per heavy atom. The molecule has 1 aliphatic rings. The van der Waals surface area contributed by atoms with Crippen LogP contribution in [0.3, 0.4) is 0 Å². The zero-order valence-corrected chi connectivity index (χ0v) is 8.76. The van der Waals surface area contributed by atoms with E-state index in [1.165, 1.54) is 32.2 Å². The number of nitrogens with zero attached hydrogens (tertiary/aromatic N) is 1. The SMILES string of the molecule is C=CCNCCN(C)C1CCCC1. The molecule has 1 aliphatic carbocycles. The lowest BCUT2D eigenvalue weighted by atomic mass is 10.2. The summed E-state index contributed by atoms with van der Waals surface area (Å²) >= 11 is 0. The van der Waals surface area contributed by atoms with Crippen molar-refractivity contribution in [1.82, 2.24) is 10.2 Å². The van der Waals surface area contributed by atoms with Gasteiger partial charge in [0.2, 0.25) is 0 Å². The van der Waals surface area contributed by atoms with Gasteiger partial charge in [-0.05, 0) is 19.9 Å². The molecule has 76 valence electrons. The monoisotopic (exact) mass is 182 g/mol. The van der Waals surface area contributed by atoms with Gasteiger partial charge in [-0.3, -0.25) is 0 Å². The smallest absolute Gasteiger partial charge is 0.0132 e. The summed E-state index contributed by atoms with van der Waals surface area (Å²) in [6.07, 6.45) is 7.57. The normalized spacial score (nSPS) is 18.3. The minimum absolute atomic E-state index is 0.852. The Bertz CT molecular complexity index is 139. The Morgan fingerprint density at radius 3 is 2.77 bits per heavy atom. The molecule has 2 heteroatoms. The van der Waals surface area contributed by atoms with Crippen molar-refractivity contribution in [1.29, 1.82) is 0 Å². The van der Waals surface area contributed by atoms with E-state index in [-0.39, 0.29) is 0 Å². The Morgan fingerprint density at radius 2 is 2.15 bits per heavy atom. The van der Waals surface area contributed by atoms with Gasteiger partial charge in [0.25, 0.3) is 0 Å². The summed E-state index contributed by atoms with van der Waals surface area (Å²) in [7, 11) is 2.24. The van der Waals surface area contributed by atoms with E-state index >= 15 is 0 Å². The van der Waals surface area contributed by atoms with Crippen molar-refractivity contribution in [2.45, 2.75) is 31.7 Å². The molecule has 0 saturated heterocycles. The van der Waals surface area contributed by atoms with E-state index in [4.69, 9.17) is 0 Å². The minimum Gasteiger partial charge on any atom is -0.312 e. The van der Waals surface area contributed by atoms with Crippen LogP contribution in [-0.4, -0.2) is 37.6 Å². The van der Waals surface area contributed by atoms with Crippen molar-refractivity contribution in [3.63, 3.8) is 0 Å². The predicted octanol–water partition coefficient (Wildman–Crippen LogP) is 1.64. The van der Waals surface area contributed by atoms with Gasteiger partial charge < -0.3 is 10.2 Å². The summed E-state index contributed by atoms with van der Waals surface area (Å²) in [6, 6.07) is 0.852. The van der Waals surface area contributed by atoms with Gasteiger partial charge in [-0.1, -0.05) is 18.9 Å². The quantitative estimate of drug-likeness (QED) is 0.496. The van der Waals surface area contributed by atoms with Crippen molar-refractivity contribution in [2.75, 3.05) is 26.7 Å². The molecule has 0 spiro atoms. The Kier molecular flexibility index (Phi) is 5.09. The number of hydrogen-bond donors (Lipinski definition) is 1. The maximum absolute atomic E-state index is 3.68. The molecule has 2 nitrogen and oxygen atoms in total.